The van der Waals surface area contributed by atoms with Gasteiger partial charge in [0.2, 0.25) is 5.91 Å². The summed E-state index contributed by atoms with van der Waals surface area (Å²) in [7, 11) is 0. The molecule has 0 radical (unpaired) electrons. The minimum atomic E-state index is -4.65. The van der Waals surface area contributed by atoms with Gasteiger partial charge >= 0.3 is 6.18 Å². The van der Waals surface area contributed by atoms with Crippen LogP contribution >= 0.6 is 0 Å². The molecule has 1 unspecified atom stereocenters. The summed E-state index contributed by atoms with van der Waals surface area (Å²) >= 11 is 0. The molecule has 32 heavy (non-hydrogen) atoms. The van der Waals surface area contributed by atoms with E-state index in [1.54, 1.807) is 30.3 Å². The van der Waals surface area contributed by atoms with Gasteiger partial charge in [0.05, 0.1) is 11.6 Å². The van der Waals surface area contributed by atoms with E-state index >= 15 is 0 Å². The van der Waals surface area contributed by atoms with E-state index in [2.05, 4.69) is 15.6 Å². The highest BCUT2D eigenvalue weighted by molar-refractivity contribution is 6.20. The largest absolute Gasteiger partial charge is 0.398 e. The maximum Gasteiger partial charge on any atom is 0.396 e. The molecular weight excluding hydrogens is 419 g/mol. The SMILES string of the molecule is C1CCNC1.CC/C=C/N=C1\NC(=O)CC(C(F)(F)F)\C1=C(\C)C(=N)c1ccccc1N. The zero-order chi connectivity index (χ0) is 23.7. The number of carbonyl (C=O) groups excluding carboxylic acids is 1. The number of benzene rings is 1. The molecule has 9 heteroatoms. The molecule has 3 rings (SSSR count). The van der Waals surface area contributed by atoms with Crippen LogP contribution in [0.5, 0.6) is 0 Å². The van der Waals surface area contributed by atoms with Gasteiger partial charge in [-0.1, -0.05) is 31.2 Å². The van der Waals surface area contributed by atoms with Gasteiger partial charge in [-0.2, -0.15) is 13.2 Å². The van der Waals surface area contributed by atoms with E-state index in [1.165, 1.54) is 39.1 Å². The Labute approximate surface area is 186 Å². The number of nitrogen functional groups attached to an aromatic ring is 1. The van der Waals surface area contributed by atoms with E-state index in [0.29, 0.717) is 12.0 Å². The predicted molar refractivity (Wildman–Crippen MR) is 122 cm³/mol. The van der Waals surface area contributed by atoms with E-state index in [4.69, 9.17) is 11.1 Å². The van der Waals surface area contributed by atoms with Crippen LogP contribution in [0.15, 0.2) is 52.7 Å². The lowest BCUT2D eigenvalue weighted by molar-refractivity contribution is -0.169. The normalized spacial score (nSPS) is 21.8. The van der Waals surface area contributed by atoms with Gasteiger partial charge in [0.25, 0.3) is 0 Å². The Morgan fingerprint density at radius 1 is 1.28 bits per heavy atom. The van der Waals surface area contributed by atoms with Crippen molar-refractivity contribution in [3.8, 4) is 0 Å². The molecule has 174 valence electrons. The van der Waals surface area contributed by atoms with Crippen molar-refractivity contribution in [2.45, 2.75) is 45.7 Å². The minimum absolute atomic E-state index is 0.0684. The average Bonchev–Trinajstić information content (AvgIpc) is 3.32. The van der Waals surface area contributed by atoms with E-state index in [1.807, 2.05) is 6.92 Å². The fourth-order valence-electron chi connectivity index (χ4n) is 3.44. The number of para-hydroxylation sites is 1. The number of aliphatic imine (C=N–C) groups is 1. The van der Waals surface area contributed by atoms with Crippen LogP contribution in [0.3, 0.4) is 0 Å². The number of amides is 1. The third-order valence-electron chi connectivity index (χ3n) is 5.16. The predicted octanol–water partition coefficient (Wildman–Crippen LogP) is 4.34. The molecule has 1 atom stereocenters. The first kappa shape index (κ1) is 25.3. The molecule has 1 aromatic carbocycles. The number of anilines is 1. The number of nitrogens with two attached hydrogens (primary N) is 1. The third kappa shape index (κ3) is 6.78. The van der Waals surface area contributed by atoms with Crippen LogP contribution in [0.25, 0.3) is 0 Å². The van der Waals surface area contributed by atoms with Crippen LogP contribution in [0.4, 0.5) is 18.9 Å². The maximum atomic E-state index is 13.6. The summed E-state index contributed by atoms with van der Waals surface area (Å²) in [6, 6.07) is 6.47. The van der Waals surface area contributed by atoms with Gasteiger partial charge in [-0.05, 0) is 50.9 Å². The molecule has 2 heterocycles. The molecular formula is C23H30F3N5O. The van der Waals surface area contributed by atoms with Crippen LogP contribution in [0, 0.1) is 11.3 Å². The Hall–Kier alpha value is -2.94. The first-order valence-electron chi connectivity index (χ1n) is 10.6. The summed E-state index contributed by atoms with van der Waals surface area (Å²) in [6.45, 7) is 5.77. The minimum Gasteiger partial charge on any atom is -0.398 e. The number of rotatable bonds is 4. The molecule has 0 spiro atoms. The first-order chi connectivity index (χ1) is 15.2. The van der Waals surface area contributed by atoms with Crippen molar-refractivity contribution in [1.29, 1.82) is 5.41 Å². The third-order valence-corrected chi connectivity index (χ3v) is 5.16. The summed E-state index contributed by atoms with van der Waals surface area (Å²) in [6.07, 6.45) is 1.03. The lowest BCUT2D eigenvalue weighted by Crippen LogP contribution is -2.46. The zero-order valence-electron chi connectivity index (χ0n) is 18.4. The van der Waals surface area contributed by atoms with Crippen LogP contribution in [0.2, 0.25) is 0 Å². The molecule has 0 aliphatic carbocycles. The standard InChI is InChI=1S/C19H21F3N4O.C4H9N/c1-3-4-9-25-18-16(13(19(20,21)22)10-15(27)26-18)11(2)17(24)12-7-5-6-8-14(12)23;1-2-4-5-3-1/h4-9,13,24H,3,10,23H2,1-2H3,(H,25,26,27);5H,1-4H2/b9-4+,16-11+,24-17?;. The molecule has 0 saturated carbocycles. The molecule has 0 aromatic heterocycles. The summed E-state index contributed by atoms with van der Waals surface area (Å²) in [5.41, 5.74) is 6.20. The number of nitrogens with zero attached hydrogens (tertiary/aromatic N) is 1. The number of amidine groups is 1. The van der Waals surface area contributed by atoms with Gasteiger partial charge in [-0.15, -0.1) is 0 Å². The van der Waals surface area contributed by atoms with Crippen LogP contribution in [-0.2, 0) is 4.79 Å². The van der Waals surface area contributed by atoms with Crippen LogP contribution in [0.1, 0.15) is 45.1 Å². The zero-order valence-corrected chi connectivity index (χ0v) is 18.4. The second kappa shape index (κ2) is 11.6. The molecule has 0 bridgehead atoms. The summed E-state index contributed by atoms with van der Waals surface area (Å²) < 4.78 is 40.9. The molecule has 2 saturated heterocycles. The highest BCUT2D eigenvalue weighted by Crippen LogP contribution is 2.39. The van der Waals surface area contributed by atoms with Crippen molar-refractivity contribution in [3.05, 3.63) is 53.3 Å². The number of carbonyl (C=O) groups is 1. The number of allylic oxidation sites excluding steroid dienone is 2. The number of nitrogens with one attached hydrogen (secondary N) is 3. The summed E-state index contributed by atoms with van der Waals surface area (Å²) in [5, 5.41) is 14.0. The van der Waals surface area contributed by atoms with Gasteiger partial charge < -0.3 is 16.4 Å². The highest BCUT2D eigenvalue weighted by Gasteiger charge is 2.48. The van der Waals surface area contributed by atoms with Crippen LogP contribution in [-0.4, -0.2) is 36.7 Å². The molecule has 1 aromatic rings. The number of hydrogen-bond donors (Lipinski definition) is 4. The first-order valence-corrected chi connectivity index (χ1v) is 10.6. The molecule has 1 amide bonds. The Kier molecular flexibility index (Phi) is 9.19. The summed E-state index contributed by atoms with van der Waals surface area (Å²) in [4.78, 5) is 15.8. The average molecular weight is 450 g/mol. The molecule has 5 N–H and O–H groups in total. The van der Waals surface area contributed by atoms with Crippen molar-refractivity contribution in [3.63, 3.8) is 0 Å². The molecule has 2 aliphatic rings. The second-order valence-corrected chi connectivity index (χ2v) is 7.58. The summed E-state index contributed by atoms with van der Waals surface area (Å²) in [5.74, 6) is -2.98. The van der Waals surface area contributed by atoms with Gasteiger partial charge in [-0.25, -0.2) is 4.99 Å². The number of hydrogen-bond acceptors (Lipinski definition) is 5. The number of piperidine rings is 1. The van der Waals surface area contributed by atoms with E-state index in [0.717, 1.165) is 0 Å². The lowest BCUT2D eigenvalue weighted by atomic mass is 9.84. The number of alkyl halides is 3. The van der Waals surface area contributed by atoms with Gasteiger partial charge in [0.1, 0.15) is 5.84 Å². The second-order valence-electron chi connectivity index (χ2n) is 7.58. The topological polar surface area (TPSA) is 103 Å². The van der Waals surface area contributed by atoms with Crippen molar-refractivity contribution in [1.82, 2.24) is 10.6 Å². The Morgan fingerprint density at radius 3 is 2.47 bits per heavy atom. The molecule has 6 nitrogen and oxygen atoms in total. The van der Waals surface area contributed by atoms with E-state index < -0.39 is 24.4 Å². The highest BCUT2D eigenvalue weighted by atomic mass is 19.4. The smallest absolute Gasteiger partial charge is 0.396 e. The van der Waals surface area contributed by atoms with Gasteiger partial charge in [-0.3, -0.25) is 10.2 Å². The van der Waals surface area contributed by atoms with Crippen LogP contribution < -0.4 is 16.4 Å². The van der Waals surface area contributed by atoms with E-state index in [-0.39, 0.29) is 28.4 Å². The number of halogens is 3. The fourth-order valence-corrected chi connectivity index (χ4v) is 3.44. The Balaban J connectivity index is 0.000000636. The fraction of sp³-hybridized carbons (Fsp3) is 0.435. The van der Waals surface area contributed by atoms with Crippen molar-refractivity contribution in [2.75, 3.05) is 18.8 Å². The van der Waals surface area contributed by atoms with Crippen molar-refractivity contribution < 1.29 is 18.0 Å². The Morgan fingerprint density at radius 2 is 1.94 bits per heavy atom. The van der Waals surface area contributed by atoms with Gasteiger partial charge in [0, 0.05) is 29.4 Å². The Bertz CT molecular complexity index is 907. The quantitative estimate of drug-likeness (QED) is 0.406. The lowest BCUT2D eigenvalue weighted by Gasteiger charge is -2.30. The monoisotopic (exact) mass is 449 g/mol. The van der Waals surface area contributed by atoms with Crippen molar-refractivity contribution in [2.24, 2.45) is 10.9 Å². The molecule has 2 aliphatic heterocycles. The van der Waals surface area contributed by atoms with E-state index in [9.17, 15) is 18.0 Å². The van der Waals surface area contributed by atoms with Crippen molar-refractivity contribution >= 4 is 23.1 Å². The maximum absolute atomic E-state index is 13.6. The van der Waals surface area contributed by atoms with Gasteiger partial charge in [0.15, 0.2) is 0 Å². The molecule has 2 fully saturated rings.